The SMILES string of the molecule is Cc1nc(-c2cccc(C(=O)[O-])c2)cs1. The zero-order valence-electron chi connectivity index (χ0n) is 8.06. The molecule has 1 aromatic heterocycles. The Hall–Kier alpha value is -1.68. The lowest BCUT2D eigenvalue weighted by Gasteiger charge is -2.03. The number of benzene rings is 1. The van der Waals surface area contributed by atoms with E-state index in [4.69, 9.17) is 0 Å². The first-order chi connectivity index (χ1) is 7.16. The van der Waals surface area contributed by atoms with E-state index in [-0.39, 0.29) is 5.56 Å². The van der Waals surface area contributed by atoms with Crippen LogP contribution in [0.3, 0.4) is 0 Å². The van der Waals surface area contributed by atoms with Gasteiger partial charge in [0.2, 0.25) is 0 Å². The predicted octanol–water partition coefficient (Wildman–Crippen LogP) is 1.48. The van der Waals surface area contributed by atoms with E-state index in [1.54, 1.807) is 12.1 Å². The predicted molar refractivity (Wildman–Crippen MR) is 56.6 cm³/mol. The number of carboxylic acids is 1. The highest BCUT2D eigenvalue weighted by Gasteiger charge is 2.02. The Morgan fingerprint density at radius 1 is 1.47 bits per heavy atom. The summed E-state index contributed by atoms with van der Waals surface area (Å²) in [4.78, 5) is 14.9. The monoisotopic (exact) mass is 218 g/mol. The number of carboxylic acid groups (broad SMARTS) is 1. The van der Waals surface area contributed by atoms with Crippen LogP contribution in [0.25, 0.3) is 11.3 Å². The smallest absolute Gasteiger partial charge is 0.0901 e. The molecule has 0 atom stereocenters. The molecule has 0 fully saturated rings. The normalized spacial score (nSPS) is 10.2. The molecule has 3 nitrogen and oxygen atoms in total. The summed E-state index contributed by atoms with van der Waals surface area (Å²) >= 11 is 1.54. The molecule has 0 bridgehead atoms. The van der Waals surface area contributed by atoms with Gasteiger partial charge in [-0.2, -0.15) is 0 Å². The molecule has 0 saturated carbocycles. The van der Waals surface area contributed by atoms with Gasteiger partial charge in [0, 0.05) is 10.9 Å². The molecule has 4 heteroatoms. The molecule has 0 saturated heterocycles. The Labute approximate surface area is 91.0 Å². The van der Waals surface area contributed by atoms with Crippen molar-refractivity contribution in [1.82, 2.24) is 4.98 Å². The molecule has 0 amide bonds. The minimum absolute atomic E-state index is 0.179. The highest BCUT2D eigenvalue weighted by atomic mass is 32.1. The Morgan fingerprint density at radius 3 is 2.87 bits per heavy atom. The molecule has 15 heavy (non-hydrogen) atoms. The largest absolute Gasteiger partial charge is 0.545 e. The van der Waals surface area contributed by atoms with Crippen molar-refractivity contribution in [2.75, 3.05) is 0 Å². The van der Waals surface area contributed by atoms with E-state index in [1.165, 1.54) is 17.4 Å². The van der Waals surface area contributed by atoms with E-state index >= 15 is 0 Å². The van der Waals surface area contributed by atoms with Gasteiger partial charge >= 0.3 is 0 Å². The van der Waals surface area contributed by atoms with Crippen LogP contribution >= 0.6 is 11.3 Å². The molecule has 76 valence electrons. The van der Waals surface area contributed by atoms with Gasteiger partial charge in [0.05, 0.1) is 16.7 Å². The third kappa shape index (κ3) is 2.05. The topological polar surface area (TPSA) is 53.0 Å². The molecule has 0 aliphatic rings. The summed E-state index contributed by atoms with van der Waals surface area (Å²) in [5, 5.41) is 13.5. The molecule has 2 aromatic rings. The van der Waals surface area contributed by atoms with E-state index in [0.29, 0.717) is 0 Å². The number of carbonyl (C=O) groups is 1. The van der Waals surface area contributed by atoms with Gasteiger partial charge in [-0.15, -0.1) is 11.3 Å². The van der Waals surface area contributed by atoms with Crippen molar-refractivity contribution in [3.05, 3.63) is 40.2 Å². The van der Waals surface area contributed by atoms with Crippen LogP contribution in [0.2, 0.25) is 0 Å². The van der Waals surface area contributed by atoms with Crippen LogP contribution in [0.15, 0.2) is 29.6 Å². The number of aromatic carboxylic acids is 1. The lowest BCUT2D eigenvalue weighted by Crippen LogP contribution is -2.22. The van der Waals surface area contributed by atoms with Crippen LogP contribution in [-0.2, 0) is 0 Å². The summed E-state index contributed by atoms with van der Waals surface area (Å²) < 4.78 is 0. The van der Waals surface area contributed by atoms with Crippen LogP contribution in [0, 0.1) is 6.92 Å². The van der Waals surface area contributed by atoms with Gasteiger partial charge in [-0.05, 0) is 18.6 Å². The minimum Gasteiger partial charge on any atom is -0.545 e. The van der Waals surface area contributed by atoms with E-state index in [9.17, 15) is 9.90 Å². The number of nitrogens with zero attached hydrogens (tertiary/aromatic N) is 1. The Morgan fingerprint density at radius 2 is 2.27 bits per heavy atom. The quantitative estimate of drug-likeness (QED) is 0.767. The van der Waals surface area contributed by atoms with E-state index in [0.717, 1.165) is 16.3 Å². The summed E-state index contributed by atoms with van der Waals surface area (Å²) in [6.07, 6.45) is 0. The summed E-state index contributed by atoms with van der Waals surface area (Å²) in [5.41, 5.74) is 1.79. The third-order valence-corrected chi connectivity index (χ3v) is 2.79. The molecule has 0 unspecified atom stereocenters. The van der Waals surface area contributed by atoms with Crippen molar-refractivity contribution >= 4 is 17.3 Å². The Balaban J connectivity index is 2.45. The van der Waals surface area contributed by atoms with E-state index in [2.05, 4.69) is 4.98 Å². The zero-order valence-corrected chi connectivity index (χ0v) is 8.88. The first-order valence-electron chi connectivity index (χ1n) is 4.41. The number of thiazole rings is 1. The first-order valence-corrected chi connectivity index (χ1v) is 5.28. The first kappa shape index (κ1) is 9.86. The van der Waals surface area contributed by atoms with Gasteiger partial charge in [-0.25, -0.2) is 4.98 Å². The van der Waals surface area contributed by atoms with Crippen molar-refractivity contribution in [2.24, 2.45) is 0 Å². The summed E-state index contributed by atoms with van der Waals surface area (Å²) in [7, 11) is 0. The third-order valence-electron chi connectivity index (χ3n) is 2.01. The van der Waals surface area contributed by atoms with Gasteiger partial charge in [0.15, 0.2) is 0 Å². The lowest BCUT2D eigenvalue weighted by atomic mass is 10.1. The molecule has 0 spiro atoms. The maximum atomic E-state index is 10.7. The van der Waals surface area contributed by atoms with Crippen molar-refractivity contribution in [2.45, 2.75) is 6.92 Å². The maximum absolute atomic E-state index is 10.7. The number of carbonyl (C=O) groups excluding carboxylic acids is 1. The molecule has 0 N–H and O–H groups in total. The van der Waals surface area contributed by atoms with Gasteiger partial charge in [-0.3, -0.25) is 0 Å². The van der Waals surface area contributed by atoms with E-state index in [1.807, 2.05) is 18.4 Å². The second-order valence-corrected chi connectivity index (χ2v) is 4.18. The molecule has 2 rings (SSSR count). The molecule has 0 aliphatic heterocycles. The Kier molecular flexibility index (Phi) is 2.51. The van der Waals surface area contributed by atoms with Crippen molar-refractivity contribution in [1.29, 1.82) is 0 Å². The van der Waals surface area contributed by atoms with Crippen LogP contribution in [-0.4, -0.2) is 11.0 Å². The molecule has 1 aromatic carbocycles. The molecular weight excluding hydrogens is 210 g/mol. The van der Waals surface area contributed by atoms with Gasteiger partial charge < -0.3 is 9.90 Å². The fraction of sp³-hybridized carbons (Fsp3) is 0.0909. The highest BCUT2D eigenvalue weighted by Crippen LogP contribution is 2.22. The average Bonchev–Trinajstić information content (AvgIpc) is 2.65. The minimum atomic E-state index is -1.16. The van der Waals surface area contributed by atoms with E-state index < -0.39 is 5.97 Å². The molecular formula is C11H8NO2S-. The highest BCUT2D eigenvalue weighted by molar-refractivity contribution is 7.09. The van der Waals surface area contributed by atoms with Crippen LogP contribution in [0.5, 0.6) is 0 Å². The fourth-order valence-electron chi connectivity index (χ4n) is 1.30. The summed E-state index contributed by atoms with van der Waals surface area (Å²) in [6, 6.07) is 6.61. The number of rotatable bonds is 2. The second-order valence-electron chi connectivity index (χ2n) is 3.12. The zero-order chi connectivity index (χ0) is 10.8. The van der Waals surface area contributed by atoms with Crippen LogP contribution < -0.4 is 5.11 Å². The maximum Gasteiger partial charge on any atom is 0.0901 e. The lowest BCUT2D eigenvalue weighted by molar-refractivity contribution is -0.255. The standard InChI is InChI=1S/C11H9NO2S/c1-7-12-10(6-15-7)8-3-2-4-9(5-8)11(13)14/h2-6H,1H3,(H,13,14)/p-1. The van der Waals surface area contributed by atoms with Gasteiger partial charge in [0.1, 0.15) is 0 Å². The number of aryl methyl sites for hydroxylation is 1. The summed E-state index contributed by atoms with van der Waals surface area (Å²) in [5.74, 6) is -1.16. The summed E-state index contributed by atoms with van der Waals surface area (Å²) in [6.45, 7) is 1.91. The average molecular weight is 218 g/mol. The number of hydrogen-bond donors (Lipinski definition) is 0. The molecule has 1 heterocycles. The second kappa shape index (κ2) is 3.82. The molecule has 0 radical (unpaired) electrons. The number of aromatic nitrogens is 1. The fourth-order valence-corrected chi connectivity index (χ4v) is 1.92. The molecule has 0 aliphatic carbocycles. The van der Waals surface area contributed by atoms with Crippen molar-refractivity contribution in [3.8, 4) is 11.3 Å². The van der Waals surface area contributed by atoms with Crippen LogP contribution in [0.1, 0.15) is 15.4 Å². The van der Waals surface area contributed by atoms with Crippen molar-refractivity contribution < 1.29 is 9.90 Å². The van der Waals surface area contributed by atoms with Crippen molar-refractivity contribution in [3.63, 3.8) is 0 Å². The van der Waals surface area contributed by atoms with Crippen LogP contribution in [0.4, 0.5) is 0 Å². The van der Waals surface area contributed by atoms with Gasteiger partial charge in [0.25, 0.3) is 0 Å². The van der Waals surface area contributed by atoms with Gasteiger partial charge in [-0.1, -0.05) is 18.2 Å². The number of hydrogen-bond acceptors (Lipinski definition) is 4. The Bertz CT molecular complexity index is 505.